The SMILES string of the molecule is CCCN(C(=O)Cl)c1c(C)cccc1C. The van der Waals surface area contributed by atoms with E-state index in [0.717, 1.165) is 23.2 Å². The van der Waals surface area contributed by atoms with Crippen LogP contribution in [0.2, 0.25) is 0 Å². The molecule has 1 amide bonds. The number of hydrogen-bond acceptors (Lipinski definition) is 1. The molecule has 1 aromatic carbocycles. The van der Waals surface area contributed by atoms with Crippen LogP contribution in [0.5, 0.6) is 0 Å². The lowest BCUT2D eigenvalue weighted by Gasteiger charge is -2.23. The second-order valence-electron chi connectivity index (χ2n) is 3.65. The number of halogens is 1. The summed E-state index contributed by atoms with van der Waals surface area (Å²) in [6.45, 7) is 6.67. The lowest BCUT2D eigenvalue weighted by molar-refractivity contribution is 0.264. The van der Waals surface area contributed by atoms with Gasteiger partial charge in [0, 0.05) is 6.54 Å². The fraction of sp³-hybridized carbons (Fsp3) is 0.417. The fourth-order valence-electron chi connectivity index (χ4n) is 1.74. The van der Waals surface area contributed by atoms with Gasteiger partial charge in [-0.25, -0.2) is 0 Å². The summed E-state index contributed by atoms with van der Waals surface area (Å²) in [5.74, 6) is 0. The van der Waals surface area contributed by atoms with Crippen LogP contribution in [0.25, 0.3) is 0 Å². The summed E-state index contributed by atoms with van der Waals surface area (Å²) in [5, 5.41) is -0.408. The molecule has 1 aromatic rings. The first-order valence-corrected chi connectivity index (χ1v) is 5.49. The summed E-state index contributed by atoms with van der Waals surface area (Å²) in [7, 11) is 0. The van der Waals surface area contributed by atoms with E-state index in [1.54, 1.807) is 4.90 Å². The van der Waals surface area contributed by atoms with E-state index in [4.69, 9.17) is 11.6 Å². The average molecular weight is 226 g/mol. The minimum atomic E-state index is -0.408. The van der Waals surface area contributed by atoms with Gasteiger partial charge in [0.15, 0.2) is 0 Å². The maximum Gasteiger partial charge on any atom is 0.320 e. The topological polar surface area (TPSA) is 20.3 Å². The maximum absolute atomic E-state index is 11.3. The van der Waals surface area contributed by atoms with Gasteiger partial charge in [-0.3, -0.25) is 9.69 Å². The molecular weight excluding hydrogens is 210 g/mol. The van der Waals surface area contributed by atoms with Gasteiger partial charge in [0.05, 0.1) is 5.69 Å². The zero-order chi connectivity index (χ0) is 11.4. The van der Waals surface area contributed by atoms with Crippen LogP contribution in [0, 0.1) is 13.8 Å². The number of rotatable bonds is 3. The minimum absolute atomic E-state index is 0.408. The van der Waals surface area contributed by atoms with Crippen molar-refractivity contribution in [2.24, 2.45) is 0 Å². The summed E-state index contributed by atoms with van der Waals surface area (Å²) in [5.41, 5.74) is 3.11. The third kappa shape index (κ3) is 2.72. The van der Waals surface area contributed by atoms with Crippen LogP contribution in [0.15, 0.2) is 18.2 Å². The predicted molar refractivity (Wildman–Crippen MR) is 64.8 cm³/mol. The quantitative estimate of drug-likeness (QED) is 0.565. The van der Waals surface area contributed by atoms with Crippen LogP contribution >= 0.6 is 11.6 Å². The molecule has 0 aliphatic carbocycles. The number of carbonyl (C=O) groups excluding carboxylic acids is 1. The Morgan fingerprint density at radius 3 is 2.27 bits per heavy atom. The Balaban J connectivity index is 3.15. The van der Waals surface area contributed by atoms with Gasteiger partial charge in [-0.15, -0.1) is 0 Å². The fourth-order valence-corrected chi connectivity index (χ4v) is 1.91. The van der Waals surface area contributed by atoms with E-state index in [2.05, 4.69) is 0 Å². The normalized spacial score (nSPS) is 10.1. The highest BCUT2D eigenvalue weighted by Gasteiger charge is 2.16. The molecule has 0 radical (unpaired) electrons. The molecule has 0 saturated carbocycles. The summed E-state index contributed by atoms with van der Waals surface area (Å²) in [6, 6.07) is 5.96. The first-order valence-electron chi connectivity index (χ1n) is 5.11. The van der Waals surface area contributed by atoms with Gasteiger partial charge >= 0.3 is 5.37 Å². The summed E-state index contributed by atoms with van der Waals surface area (Å²) < 4.78 is 0. The standard InChI is InChI=1S/C12H16ClNO/c1-4-8-14(12(13)15)11-9(2)6-5-7-10(11)3/h5-7H,4,8H2,1-3H3. The lowest BCUT2D eigenvalue weighted by Crippen LogP contribution is -2.28. The molecule has 0 N–H and O–H groups in total. The van der Waals surface area contributed by atoms with E-state index >= 15 is 0 Å². The van der Waals surface area contributed by atoms with Crippen molar-refractivity contribution in [1.29, 1.82) is 0 Å². The molecule has 0 spiro atoms. The largest absolute Gasteiger partial charge is 0.320 e. The molecule has 0 aliphatic rings. The van der Waals surface area contributed by atoms with Gasteiger partial charge < -0.3 is 0 Å². The van der Waals surface area contributed by atoms with Crippen molar-refractivity contribution in [3.05, 3.63) is 29.3 Å². The Morgan fingerprint density at radius 1 is 1.33 bits per heavy atom. The minimum Gasteiger partial charge on any atom is -0.298 e. The van der Waals surface area contributed by atoms with Crippen molar-refractivity contribution in [1.82, 2.24) is 0 Å². The van der Waals surface area contributed by atoms with E-state index < -0.39 is 5.37 Å². The zero-order valence-electron chi connectivity index (χ0n) is 9.38. The van der Waals surface area contributed by atoms with Crippen LogP contribution in [0.4, 0.5) is 10.5 Å². The Kier molecular flexibility index (Phi) is 4.15. The molecule has 0 atom stereocenters. The van der Waals surface area contributed by atoms with Gasteiger partial charge in [0.1, 0.15) is 0 Å². The molecule has 0 aliphatic heterocycles. The van der Waals surface area contributed by atoms with E-state index in [1.165, 1.54) is 0 Å². The first-order chi connectivity index (χ1) is 7.07. The van der Waals surface area contributed by atoms with Crippen LogP contribution < -0.4 is 4.90 Å². The molecule has 15 heavy (non-hydrogen) atoms. The van der Waals surface area contributed by atoms with Crippen molar-refractivity contribution in [2.45, 2.75) is 27.2 Å². The molecule has 82 valence electrons. The highest BCUT2D eigenvalue weighted by molar-refractivity contribution is 6.66. The molecular formula is C12H16ClNO. The highest BCUT2D eigenvalue weighted by atomic mass is 35.5. The van der Waals surface area contributed by atoms with Gasteiger partial charge in [-0.1, -0.05) is 25.1 Å². The Morgan fingerprint density at radius 2 is 1.87 bits per heavy atom. The molecule has 0 heterocycles. The molecule has 0 saturated heterocycles. The molecule has 2 nitrogen and oxygen atoms in total. The van der Waals surface area contributed by atoms with Crippen molar-refractivity contribution in [3.8, 4) is 0 Å². The number of carbonyl (C=O) groups is 1. The third-order valence-corrected chi connectivity index (χ3v) is 2.57. The number of aryl methyl sites for hydroxylation is 2. The smallest absolute Gasteiger partial charge is 0.298 e. The molecule has 0 fully saturated rings. The monoisotopic (exact) mass is 225 g/mol. The molecule has 1 rings (SSSR count). The third-order valence-electron chi connectivity index (χ3n) is 2.37. The number of para-hydroxylation sites is 1. The zero-order valence-corrected chi connectivity index (χ0v) is 10.1. The van der Waals surface area contributed by atoms with E-state index in [1.807, 2.05) is 39.0 Å². The molecule has 0 aromatic heterocycles. The van der Waals surface area contributed by atoms with E-state index in [-0.39, 0.29) is 0 Å². The summed E-state index contributed by atoms with van der Waals surface area (Å²) >= 11 is 5.59. The predicted octanol–water partition coefficient (Wildman–Crippen LogP) is 3.88. The number of anilines is 1. The van der Waals surface area contributed by atoms with Crippen LogP contribution in [-0.4, -0.2) is 11.9 Å². The van der Waals surface area contributed by atoms with Crippen molar-refractivity contribution in [3.63, 3.8) is 0 Å². The maximum atomic E-state index is 11.3. The van der Waals surface area contributed by atoms with Gasteiger partial charge in [0.25, 0.3) is 0 Å². The van der Waals surface area contributed by atoms with Gasteiger partial charge in [-0.05, 0) is 43.0 Å². The molecule has 0 bridgehead atoms. The average Bonchev–Trinajstić information content (AvgIpc) is 2.15. The van der Waals surface area contributed by atoms with Crippen LogP contribution in [-0.2, 0) is 0 Å². The number of amides is 1. The number of hydrogen-bond donors (Lipinski definition) is 0. The number of benzene rings is 1. The van der Waals surface area contributed by atoms with Crippen molar-refractivity contribution < 1.29 is 4.79 Å². The van der Waals surface area contributed by atoms with Gasteiger partial charge in [0.2, 0.25) is 0 Å². The molecule has 0 unspecified atom stereocenters. The molecule has 3 heteroatoms. The lowest BCUT2D eigenvalue weighted by atomic mass is 10.1. The summed E-state index contributed by atoms with van der Waals surface area (Å²) in [6.07, 6.45) is 0.895. The number of nitrogens with zero attached hydrogens (tertiary/aromatic N) is 1. The first kappa shape index (κ1) is 12.1. The van der Waals surface area contributed by atoms with Gasteiger partial charge in [-0.2, -0.15) is 0 Å². The van der Waals surface area contributed by atoms with Crippen LogP contribution in [0.1, 0.15) is 24.5 Å². The Hall–Kier alpha value is -1.02. The second kappa shape index (κ2) is 5.17. The van der Waals surface area contributed by atoms with Crippen LogP contribution in [0.3, 0.4) is 0 Å². The van der Waals surface area contributed by atoms with E-state index in [9.17, 15) is 4.79 Å². The Labute approximate surface area is 95.8 Å². The Bertz CT molecular complexity index is 342. The summed E-state index contributed by atoms with van der Waals surface area (Å²) in [4.78, 5) is 13.0. The van der Waals surface area contributed by atoms with Crippen molar-refractivity contribution in [2.75, 3.05) is 11.4 Å². The second-order valence-corrected chi connectivity index (χ2v) is 3.97. The van der Waals surface area contributed by atoms with Crippen molar-refractivity contribution >= 4 is 22.7 Å². The van der Waals surface area contributed by atoms with E-state index in [0.29, 0.717) is 6.54 Å². The highest BCUT2D eigenvalue weighted by Crippen LogP contribution is 2.25.